The van der Waals surface area contributed by atoms with Crippen LogP contribution in [0.4, 0.5) is 5.82 Å². The van der Waals surface area contributed by atoms with Crippen LogP contribution in [-0.2, 0) is 9.16 Å². The molecule has 150 valence electrons. The van der Waals surface area contributed by atoms with Crippen LogP contribution < -0.4 is 5.73 Å². The maximum Gasteiger partial charge on any atom is 0.192 e. The lowest BCUT2D eigenvalue weighted by Gasteiger charge is -2.42. The first-order valence-electron chi connectivity index (χ1n) is 9.19. The molecule has 0 aliphatic carbocycles. The molecular formula is C18H30N4O4Si. The van der Waals surface area contributed by atoms with E-state index in [0.29, 0.717) is 17.9 Å². The molecule has 27 heavy (non-hydrogen) atoms. The second-order valence-corrected chi connectivity index (χ2v) is 13.5. The van der Waals surface area contributed by atoms with Gasteiger partial charge in [0.05, 0.1) is 24.7 Å². The van der Waals surface area contributed by atoms with Gasteiger partial charge in [-0.15, -0.1) is 0 Å². The quantitative estimate of drug-likeness (QED) is 0.665. The van der Waals surface area contributed by atoms with Gasteiger partial charge in [-0.2, -0.15) is 0 Å². The van der Waals surface area contributed by atoms with E-state index in [4.69, 9.17) is 14.9 Å². The zero-order valence-electron chi connectivity index (χ0n) is 16.6. The highest BCUT2D eigenvalue weighted by molar-refractivity contribution is 6.74. The van der Waals surface area contributed by atoms with Gasteiger partial charge in [0.2, 0.25) is 0 Å². The Morgan fingerprint density at radius 1 is 1.33 bits per heavy atom. The van der Waals surface area contributed by atoms with Crippen molar-refractivity contribution in [2.24, 2.45) is 0 Å². The zero-order chi connectivity index (χ0) is 20.0. The first-order valence-corrected chi connectivity index (χ1v) is 12.1. The molecule has 1 aliphatic heterocycles. The third kappa shape index (κ3) is 3.38. The third-order valence-corrected chi connectivity index (χ3v) is 10.5. The van der Waals surface area contributed by atoms with Gasteiger partial charge in [-0.05, 0) is 24.2 Å². The number of nitrogens with two attached hydrogens (primary N) is 1. The molecule has 0 radical (unpaired) electrons. The summed E-state index contributed by atoms with van der Waals surface area (Å²) >= 11 is 0. The summed E-state index contributed by atoms with van der Waals surface area (Å²) in [5, 5.41) is 20.9. The second-order valence-electron chi connectivity index (χ2n) is 8.78. The summed E-state index contributed by atoms with van der Waals surface area (Å²) in [4.78, 5) is 8.33. The van der Waals surface area contributed by atoms with Crippen molar-refractivity contribution >= 4 is 25.2 Å². The molecule has 3 rings (SSSR count). The molecule has 0 bridgehead atoms. The summed E-state index contributed by atoms with van der Waals surface area (Å²) in [5.74, 6) is 0.404. The van der Waals surface area contributed by atoms with Crippen molar-refractivity contribution in [3.63, 3.8) is 0 Å². The van der Waals surface area contributed by atoms with Crippen LogP contribution in [0.2, 0.25) is 18.1 Å². The molecule has 8 nitrogen and oxygen atoms in total. The molecule has 0 spiro atoms. The zero-order valence-corrected chi connectivity index (χ0v) is 17.6. The number of nitrogen functional groups attached to an aromatic ring is 1. The minimum Gasteiger partial charge on any atom is -0.411 e. The molecular weight excluding hydrogens is 364 g/mol. The van der Waals surface area contributed by atoms with Crippen molar-refractivity contribution in [3.05, 3.63) is 18.6 Å². The number of hydrogen-bond donors (Lipinski definition) is 3. The van der Waals surface area contributed by atoms with Crippen LogP contribution >= 0.6 is 0 Å². The topological polar surface area (TPSA) is 116 Å². The predicted octanol–water partition coefficient (Wildman–Crippen LogP) is 2.05. The Balaban J connectivity index is 1.95. The Bertz CT molecular complexity index is 813. The van der Waals surface area contributed by atoms with Crippen molar-refractivity contribution in [1.82, 2.24) is 14.5 Å². The van der Waals surface area contributed by atoms with E-state index >= 15 is 0 Å². The smallest absolute Gasteiger partial charge is 0.192 e. The summed E-state index contributed by atoms with van der Waals surface area (Å²) < 4.78 is 14.6. The number of aromatic nitrogens is 3. The first-order chi connectivity index (χ1) is 12.5. The van der Waals surface area contributed by atoms with E-state index in [2.05, 4.69) is 43.8 Å². The Morgan fingerprint density at radius 2 is 2.00 bits per heavy atom. The highest BCUT2D eigenvalue weighted by Crippen LogP contribution is 2.45. The second kappa shape index (κ2) is 6.82. The molecule has 0 aromatic carbocycles. The fraction of sp³-hybridized carbons (Fsp3) is 0.667. The molecule has 1 aliphatic rings. The number of anilines is 1. The normalized spacial score (nSPS) is 23.2. The molecule has 1 saturated heterocycles. The van der Waals surface area contributed by atoms with E-state index in [1.54, 1.807) is 0 Å². The number of ether oxygens (including phenoxy) is 1. The Hall–Kier alpha value is -1.52. The van der Waals surface area contributed by atoms with E-state index < -0.39 is 26.3 Å². The van der Waals surface area contributed by atoms with E-state index in [-0.39, 0.29) is 18.3 Å². The Kier molecular flexibility index (Phi) is 5.11. The van der Waals surface area contributed by atoms with Crippen LogP contribution in [0, 0.1) is 0 Å². The molecule has 2 aromatic heterocycles. The van der Waals surface area contributed by atoms with Crippen molar-refractivity contribution in [2.75, 3.05) is 18.9 Å². The monoisotopic (exact) mass is 394 g/mol. The van der Waals surface area contributed by atoms with E-state index in [1.165, 1.54) is 6.33 Å². The van der Waals surface area contributed by atoms with E-state index in [9.17, 15) is 10.2 Å². The lowest BCUT2D eigenvalue weighted by atomic mass is 9.99. The van der Waals surface area contributed by atoms with Crippen molar-refractivity contribution in [2.45, 2.75) is 63.3 Å². The highest BCUT2D eigenvalue weighted by Gasteiger charge is 2.53. The largest absolute Gasteiger partial charge is 0.411 e. The molecule has 0 saturated carbocycles. The fourth-order valence-corrected chi connectivity index (χ4v) is 4.58. The van der Waals surface area contributed by atoms with Crippen LogP contribution in [0.25, 0.3) is 11.0 Å². The maximum atomic E-state index is 10.1. The standard InChI is InChI=1S/C18H30N4O4Si/c1-17(2,3)27(4,5)26-13-8-14(25-18(13,9-23)10-24)22-7-6-12-15(19)20-11-21-16(12)22/h6-7,11,13-14,23-24H,8-10H2,1-5H3,(H2,19,20,21)/t13-,14+/m0/s1. The lowest BCUT2D eigenvalue weighted by Crippen LogP contribution is -2.54. The van der Waals surface area contributed by atoms with Gasteiger partial charge in [-0.1, -0.05) is 20.8 Å². The van der Waals surface area contributed by atoms with Gasteiger partial charge in [0, 0.05) is 12.6 Å². The molecule has 0 amide bonds. The number of hydrogen-bond acceptors (Lipinski definition) is 7. The third-order valence-electron chi connectivity index (χ3n) is 6.00. The summed E-state index contributed by atoms with van der Waals surface area (Å²) in [6, 6.07) is 1.84. The number of aliphatic hydroxyl groups excluding tert-OH is 2. The van der Waals surface area contributed by atoms with Crippen LogP contribution in [0.1, 0.15) is 33.4 Å². The van der Waals surface area contributed by atoms with Gasteiger partial charge in [0.15, 0.2) is 8.32 Å². The van der Waals surface area contributed by atoms with Crippen LogP contribution in [-0.4, -0.2) is 58.0 Å². The lowest BCUT2D eigenvalue weighted by molar-refractivity contribution is -0.146. The average molecular weight is 395 g/mol. The number of fused-ring (bicyclic) bond motifs is 1. The minimum absolute atomic E-state index is 0.00353. The molecule has 2 atom stereocenters. The molecule has 0 unspecified atom stereocenters. The predicted molar refractivity (Wildman–Crippen MR) is 106 cm³/mol. The van der Waals surface area contributed by atoms with Gasteiger partial charge in [0.1, 0.15) is 29.6 Å². The average Bonchev–Trinajstić information content (AvgIpc) is 3.16. The van der Waals surface area contributed by atoms with E-state index in [1.807, 2.05) is 16.8 Å². The van der Waals surface area contributed by atoms with Gasteiger partial charge in [-0.25, -0.2) is 9.97 Å². The number of nitrogens with zero attached hydrogens (tertiary/aromatic N) is 3. The van der Waals surface area contributed by atoms with Crippen molar-refractivity contribution in [1.29, 1.82) is 0 Å². The van der Waals surface area contributed by atoms with Crippen LogP contribution in [0.15, 0.2) is 18.6 Å². The number of aliphatic hydroxyl groups is 2. The van der Waals surface area contributed by atoms with E-state index in [0.717, 1.165) is 5.39 Å². The van der Waals surface area contributed by atoms with Crippen LogP contribution in [0.5, 0.6) is 0 Å². The van der Waals surface area contributed by atoms with Gasteiger partial charge in [-0.3, -0.25) is 0 Å². The van der Waals surface area contributed by atoms with Gasteiger partial charge >= 0.3 is 0 Å². The summed E-state index contributed by atoms with van der Waals surface area (Å²) in [7, 11) is -2.13. The molecule has 1 fully saturated rings. The fourth-order valence-electron chi connectivity index (χ4n) is 3.20. The van der Waals surface area contributed by atoms with Crippen molar-refractivity contribution in [3.8, 4) is 0 Å². The SMILES string of the molecule is CC(C)(C)[Si](C)(C)O[C@H]1C[C@H](n2ccc3c(N)ncnc32)OC1(CO)CO. The Morgan fingerprint density at radius 3 is 2.59 bits per heavy atom. The summed E-state index contributed by atoms with van der Waals surface area (Å²) in [5.41, 5.74) is 5.43. The highest BCUT2D eigenvalue weighted by atomic mass is 28.4. The van der Waals surface area contributed by atoms with Crippen molar-refractivity contribution < 1.29 is 19.4 Å². The maximum absolute atomic E-state index is 10.1. The minimum atomic E-state index is -2.13. The first kappa shape index (κ1) is 20.2. The molecule has 3 heterocycles. The molecule has 4 N–H and O–H groups in total. The summed E-state index contributed by atoms with van der Waals surface area (Å²) in [6.07, 6.45) is 2.91. The van der Waals surface area contributed by atoms with Crippen LogP contribution in [0.3, 0.4) is 0 Å². The molecule has 9 heteroatoms. The van der Waals surface area contributed by atoms with Gasteiger partial charge < -0.3 is 29.7 Å². The Labute approximate surface area is 160 Å². The number of rotatable bonds is 5. The molecule has 2 aromatic rings. The summed E-state index contributed by atoms with van der Waals surface area (Å²) in [6.45, 7) is 10.1. The van der Waals surface area contributed by atoms with Gasteiger partial charge in [0.25, 0.3) is 0 Å².